The van der Waals surface area contributed by atoms with Gasteiger partial charge in [-0.05, 0) is 42.9 Å². The zero-order valence-corrected chi connectivity index (χ0v) is 13.4. The average molecular weight is 348 g/mol. The van der Waals surface area contributed by atoms with E-state index in [1.807, 2.05) is 31.3 Å². The van der Waals surface area contributed by atoms with E-state index in [1.54, 1.807) is 11.8 Å². The molecule has 0 fully saturated rings. The third kappa shape index (κ3) is 2.90. The van der Waals surface area contributed by atoms with Crippen molar-refractivity contribution in [2.45, 2.75) is 16.6 Å². The maximum Gasteiger partial charge on any atom is 0.171 e. The van der Waals surface area contributed by atoms with Gasteiger partial charge >= 0.3 is 0 Å². The smallest absolute Gasteiger partial charge is 0.171 e. The van der Waals surface area contributed by atoms with E-state index in [4.69, 9.17) is 0 Å². The zero-order chi connectivity index (χ0) is 13.9. The number of hydrogen-bond acceptors (Lipinski definition) is 3. The van der Waals surface area contributed by atoms with E-state index in [-0.39, 0.29) is 0 Å². The molecule has 0 amide bonds. The molecular formula is C15H14BrN3S. The second-order valence-electron chi connectivity index (χ2n) is 4.44. The van der Waals surface area contributed by atoms with Gasteiger partial charge in [-0.3, -0.25) is 0 Å². The Kier molecular flexibility index (Phi) is 4.10. The van der Waals surface area contributed by atoms with Gasteiger partial charge in [-0.25, -0.2) is 4.98 Å². The van der Waals surface area contributed by atoms with Gasteiger partial charge in [0.15, 0.2) is 5.16 Å². The van der Waals surface area contributed by atoms with Crippen LogP contribution in [-0.4, -0.2) is 17.0 Å². The van der Waals surface area contributed by atoms with Gasteiger partial charge in [0.05, 0.1) is 11.0 Å². The summed E-state index contributed by atoms with van der Waals surface area (Å²) in [5.41, 5.74) is 3.33. The van der Waals surface area contributed by atoms with Crippen LogP contribution in [0.4, 0.5) is 0 Å². The van der Waals surface area contributed by atoms with Crippen molar-refractivity contribution >= 4 is 38.7 Å². The van der Waals surface area contributed by atoms with E-state index in [9.17, 15) is 0 Å². The maximum absolute atomic E-state index is 4.61. The number of para-hydroxylation sites is 2. The Morgan fingerprint density at radius 2 is 2.10 bits per heavy atom. The normalized spacial score (nSPS) is 11.1. The summed E-state index contributed by atoms with van der Waals surface area (Å²) in [4.78, 5) is 9.16. The third-order valence-corrected chi connectivity index (χ3v) is 4.46. The predicted octanol–water partition coefficient (Wildman–Crippen LogP) is 4.20. The lowest BCUT2D eigenvalue weighted by Gasteiger charge is -2.07. The number of hydrogen-bond donors (Lipinski definition) is 2. The fraction of sp³-hybridized carbons (Fsp3) is 0.133. The Hall–Kier alpha value is -1.30. The summed E-state index contributed by atoms with van der Waals surface area (Å²) in [6, 6.07) is 14.4. The molecule has 3 aromatic rings. The number of fused-ring (bicyclic) bond motifs is 1. The Morgan fingerprint density at radius 1 is 1.25 bits per heavy atom. The second kappa shape index (κ2) is 5.99. The highest BCUT2D eigenvalue weighted by Crippen LogP contribution is 2.31. The van der Waals surface area contributed by atoms with E-state index in [1.165, 1.54) is 10.5 Å². The molecule has 0 saturated heterocycles. The first kappa shape index (κ1) is 13.7. The Bertz CT molecular complexity index is 706. The van der Waals surface area contributed by atoms with Gasteiger partial charge < -0.3 is 10.3 Å². The topological polar surface area (TPSA) is 40.7 Å². The number of imidazole rings is 1. The molecule has 0 bridgehead atoms. The molecule has 2 N–H and O–H groups in total. The van der Waals surface area contributed by atoms with E-state index in [0.29, 0.717) is 0 Å². The van der Waals surface area contributed by atoms with Crippen molar-refractivity contribution in [1.29, 1.82) is 0 Å². The lowest BCUT2D eigenvalue weighted by Crippen LogP contribution is -2.06. The SMILES string of the molecule is CNCc1cc(Br)ccc1Sc1nc2ccccc2[nH]1. The summed E-state index contributed by atoms with van der Waals surface area (Å²) in [5, 5.41) is 4.12. The van der Waals surface area contributed by atoms with Gasteiger partial charge in [0.25, 0.3) is 0 Å². The minimum Gasteiger partial charge on any atom is -0.333 e. The molecule has 0 atom stereocenters. The molecule has 0 radical (unpaired) electrons. The molecule has 0 unspecified atom stereocenters. The first-order valence-corrected chi connectivity index (χ1v) is 7.93. The van der Waals surface area contributed by atoms with Crippen LogP contribution in [0, 0.1) is 0 Å². The number of benzene rings is 2. The molecule has 0 aliphatic rings. The lowest BCUT2D eigenvalue weighted by atomic mass is 10.2. The molecular weight excluding hydrogens is 334 g/mol. The van der Waals surface area contributed by atoms with E-state index < -0.39 is 0 Å². The number of H-pyrrole nitrogens is 1. The van der Waals surface area contributed by atoms with Crippen molar-refractivity contribution < 1.29 is 0 Å². The van der Waals surface area contributed by atoms with Crippen LogP contribution >= 0.6 is 27.7 Å². The highest BCUT2D eigenvalue weighted by molar-refractivity contribution is 9.10. The standard InChI is InChI=1S/C15H14BrN3S/c1-17-9-10-8-11(16)6-7-14(10)20-15-18-12-4-2-3-5-13(12)19-15/h2-8,17H,9H2,1H3,(H,18,19). The van der Waals surface area contributed by atoms with Crippen LogP contribution in [0.15, 0.2) is 57.0 Å². The minimum atomic E-state index is 0.835. The summed E-state index contributed by atoms with van der Waals surface area (Å²) in [7, 11) is 1.95. The molecule has 0 aliphatic carbocycles. The second-order valence-corrected chi connectivity index (χ2v) is 6.39. The van der Waals surface area contributed by atoms with Gasteiger partial charge in [0.1, 0.15) is 0 Å². The molecule has 0 aliphatic heterocycles. The van der Waals surface area contributed by atoms with Crippen molar-refractivity contribution in [3.05, 3.63) is 52.5 Å². The molecule has 0 saturated carbocycles. The van der Waals surface area contributed by atoms with Crippen LogP contribution in [-0.2, 0) is 6.54 Å². The van der Waals surface area contributed by atoms with Crippen molar-refractivity contribution in [3.8, 4) is 0 Å². The van der Waals surface area contributed by atoms with Crippen LogP contribution in [0.2, 0.25) is 0 Å². The summed E-state index contributed by atoms with van der Waals surface area (Å²) in [6.07, 6.45) is 0. The fourth-order valence-electron chi connectivity index (χ4n) is 2.06. The molecule has 1 aromatic heterocycles. The molecule has 5 heteroatoms. The summed E-state index contributed by atoms with van der Waals surface area (Å²) >= 11 is 5.18. The van der Waals surface area contributed by atoms with Crippen molar-refractivity contribution in [3.63, 3.8) is 0 Å². The van der Waals surface area contributed by atoms with Gasteiger partial charge in [-0.1, -0.05) is 39.8 Å². The Balaban J connectivity index is 1.93. The van der Waals surface area contributed by atoms with E-state index in [0.717, 1.165) is 27.2 Å². The Morgan fingerprint density at radius 3 is 2.90 bits per heavy atom. The number of halogens is 1. The number of aromatic nitrogens is 2. The Labute approximate surface area is 130 Å². The first-order valence-electron chi connectivity index (χ1n) is 6.32. The number of nitrogens with one attached hydrogen (secondary N) is 2. The van der Waals surface area contributed by atoms with Gasteiger partial charge in [-0.2, -0.15) is 0 Å². The number of rotatable bonds is 4. The largest absolute Gasteiger partial charge is 0.333 e. The third-order valence-electron chi connectivity index (χ3n) is 2.96. The van der Waals surface area contributed by atoms with Crippen LogP contribution in [0.5, 0.6) is 0 Å². The van der Waals surface area contributed by atoms with Crippen LogP contribution < -0.4 is 5.32 Å². The van der Waals surface area contributed by atoms with Crippen molar-refractivity contribution in [2.24, 2.45) is 0 Å². The molecule has 1 heterocycles. The average Bonchev–Trinajstić information content (AvgIpc) is 2.84. The molecule has 102 valence electrons. The maximum atomic E-state index is 4.61. The van der Waals surface area contributed by atoms with E-state index >= 15 is 0 Å². The van der Waals surface area contributed by atoms with Crippen LogP contribution in [0.3, 0.4) is 0 Å². The highest BCUT2D eigenvalue weighted by atomic mass is 79.9. The van der Waals surface area contributed by atoms with Crippen LogP contribution in [0.1, 0.15) is 5.56 Å². The molecule has 3 rings (SSSR count). The van der Waals surface area contributed by atoms with E-state index in [2.05, 4.69) is 49.4 Å². The first-order chi connectivity index (χ1) is 9.76. The molecule has 3 nitrogen and oxygen atoms in total. The minimum absolute atomic E-state index is 0.835. The summed E-state index contributed by atoms with van der Waals surface area (Å²) in [6.45, 7) is 0.835. The zero-order valence-electron chi connectivity index (χ0n) is 11.0. The molecule has 0 spiro atoms. The summed E-state index contributed by atoms with van der Waals surface area (Å²) in [5.74, 6) is 0. The molecule has 2 aromatic carbocycles. The summed E-state index contributed by atoms with van der Waals surface area (Å²) < 4.78 is 1.09. The number of aromatic amines is 1. The van der Waals surface area contributed by atoms with Crippen molar-refractivity contribution in [1.82, 2.24) is 15.3 Å². The molecule has 20 heavy (non-hydrogen) atoms. The van der Waals surface area contributed by atoms with Gasteiger partial charge in [0.2, 0.25) is 0 Å². The van der Waals surface area contributed by atoms with Gasteiger partial charge in [0, 0.05) is 15.9 Å². The predicted molar refractivity (Wildman–Crippen MR) is 87.1 cm³/mol. The van der Waals surface area contributed by atoms with Crippen LogP contribution in [0.25, 0.3) is 11.0 Å². The van der Waals surface area contributed by atoms with Crippen molar-refractivity contribution in [2.75, 3.05) is 7.05 Å². The van der Waals surface area contributed by atoms with Gasteiger partial charge in [-0.15, -0.1) is 0 Å². The monoisotopic (exact) mass is 347 g/mol. The fourth-order valence-corrected chi connectivity index (χ4v) is 3.38. The highest BCUT2D eigenvalue weighted by Gasteiger charge is 2.08. The number of nitrogens with zero attached hydrogens (tertiary/aromatic N) is 1. The quantitative estimate of drug-likeness (QED) is 0.743. The lowest BCUT2D eigenvalue weighted by molar-refractivity contribution is 0.802.